The van der Waals surface area contributed by atoms with E-state index in [1.807, 2.05) is 29.2 Å². The molecule has 0 aromatic heterocycles. The van der Waals surface area contributed by atoms with Crippen LogP contribution in [0.1, 0.15) is 50.1 Å². The predicted octanol–water partition coefficient (Wildman–Crippen LogP) is 4.38. The van der Waals surface area contributed by atoms with Crippen LogP contribution < -0.4 is 4.74 Å². The van der Waals surface area contributed by atoms with E-state index < -0.39 is 15.8 Å². The Hall–Kier alpha value is -2.45. The van der Waals surface area contributed by atoms with Gasteiger partial charge in [-0.3, -0.25) is 4.79 Å². The zero-order valence-electron chi connectivity index (χ0n) is 19.0. The first-order chi connectivity index (χ1) is 15.9. The van der Waals surface area contributed by atoms with E-state index in [2.05, 4.69) is 0 Å². The van der Waals surface area contributed by atoms with Gasteiger partial charge in [-0.25, -0.2) is 12.8 Å². The Balaban J connectivity index is 1.45. The monoisotopic (exact) mass is 474 g/mol. The quantitative estimate of drug-likeness (QED) is 0.645. The van der Waals surface area contributed by atoms with E-state index in [1.54, 1.807) is 7.11 Å². The van der Waals surface area contributed by atoms with Gasteiger partial charge in [0.2, 0.25) is 15.9 Å². The molecule has 4 rings (SSSR count). The van der Waals surface area contributed by atoms with Gasteiger partial charge >= 0.3 is 0 Å². The summed E-state index contributed by atoms with van der Waals surface area (Å²) in [7, 11) is -2.05. The number of piperidine rings is 1. The summed E-state index contributed by atoms with van der Waals surface area (Å²) in [5.74, 6) is 0.252. The van der Waals surface area contributed by atoms with Crippen molar-refractivity contribution < 1.29 is 22.3 Å². The second kappa shape index (κ2) is 10.2. The molecule has 2 aliphatic rings. The Morgan fingerprint density at radius 2 is 1.58 bits per heavy atom. The minimum absolute atomic E-state index is 0.0342. The van der Waals surface area contributed by atoms with Gasteiger partial charge in [-0.15, -0.1) is 0 Å². The topological polar surface area (TPSA) is 66.9 Å². The lowest BCUT2D eigenvalue weighted by molar-refractivity contribution is -0.139. The van der Waals surface area contributed by atoms with Crippen molar-refractivity contribution in [1.82, 2.24) is 9.21 Å². The fraction of sp³-hybridized carbons (Fsp3) is 0.480. The normalized spacial score (nSPS) is 20.9. The van der Waals surface area contributed by atoms with Gasteiger partial charge in [0.05, 0.1) is 18.0 Å². The SMILES string of the molecule is COc1ccc([C@H]2CCCCCN2C(=O)C2CCN(S(=O)(=O)c3ccc(F)cc3)CC2)cc1. The molecule has 0 aliphatic carbocycles. The number of ether oxygens (including phenoxy) is 1. The van der Waals surface area contributed by atoms with Crippen LogP contribution >= 0.6 is 0 Å². The molecule has 0 spiro atoms. The summed E-state index contributed by atoms with van der Waals surface area (Å²) in [6, 6.07) is 12.9. The van der Waals surface area contributed by atoms with Crippen molar-refractivity contribution in [3.05, 3.63) is 59.9 Å². The van der Waals surface area contributed by atoms with Crippen molar-refractivity contribution in [2.24, 2.45) is 5.92 Å². The predicted molar refractivity (Wildman–Crippen MR) is 124 cm³/mol. The fourth-order valence-electron chi connectivity index (χ4n) is 4.88. The molecule has 1 amide bonds. The van der Waals surface area contributed by atoms with Crippen molar-refractivity contribution in [1.29, 1.82) is 0 Å². The van der Waals surface area contributed by atoms with Gasteiger partial charge in [0, 0.05) is 25.6 Å². The summed E-state index contributed by atoms with van der Waals surface area (Å²) in [5.41, 5.74) is 1.11. The molecule has 1 atom stereocenters. The zero-order chi connectivity index (χ0) is 23.4. The average Bonchev–Trinajstić information content (AvgIpc) is 3.10. The van der Waals surface area contributed by atoms with E-state index in [1.165, 1.54) is 16.4 Å². The molecule has 0 radical (unpaired) electrons. The van der Waals surface area contributed by atoms with Gasteiger partial charge < -0.3 is 9.64 Å². The highest BCUT2D eigenvalue weighted by molar-refractivity contribution is 7.89. The summed E-state index contributed by atoms with van der Waals surface area (Å²) >= 11 is 0. The lowest BCUT2D eigenvalue weighted by Crippen LogP contribution is -2.45. The first-order valence-corrected chi connectivity index (χ1v) is 13.0. The van der Waals surface area contributed by atoms with E-state index in [-0.39, 0.29) is 35.9 Å². The number of amides is 1. The molecule has 2 heterocycles. The molecular weight excluding hydrogens is 443 g/mol. The molecule has 0 unspecified atom stereocenters. The van der Waals surface area contributed by atoms with E-state index in [0.717, 1.165) is 55.7 Å². The third kappa shape index (κ3) is 5.22. The van der Waals surface area contributed by atoms with Crippen LogP contribution in [0.15, 0.2) is 53.4 Å². The standard InChI is InChI=1S/C25H31FN2O4S/c1-32-22-10-6-19(7-11-22)24-5-3-2-4-16-28(24)25(29)20-14-17-27(18-15-20)33(30,31)23-12-8-21(26)9-13-23/h6-13,20,24H,2-5,14-18H2,1H3/t24-/m1/s1. The summed E-state index contributed by atoms with van der Waals surface area (Å²) in [6.45, 7) is 1.30. The number of hydrogen-bond acceptors (Lipinski definition) is 4. The van der Waals surface area contributed by atoms with Crippen LogP contribution in [0.2, 0.25) is 0 Å². The minimum atomic E-state index is -3.69. The summed E-state index contributed by atoms with van der Waals surface area (Å²) in [6.07, 6.45) is 5.07. The number of sulfonamides is 1. The van der Waals surface area contributed by atoms with Gasteiger partial charge in [0.15, 0.2) is 0 Å². The summed E-state index contributed by atoms with van der Waals surface area (Å²) in [4.78, 5) is 15.7. The Morgan fingerprint density at radius 1 is 0.909 bits per heavy atom. The molecule has 2 aliphatic heterocycles. The van der Waals surface area contributed by atoms with Crippen molar-refractivity contribution in [3.63, 3.8) is 0 Å². The highest BCUT2D eigenvalue weighted by Crippen LogP contribution is 2.34. The molecule has 0 bridgehead atoms. The number of carbonyl (C=O) groups is 1. The molecule has 2 fully saturated rings. The maximum atomic E-state index is 13.6. The van der Waals surface area contributed by atoms with E-state index in [4.69, 9.17) is 4.74 Å². The highest BCUT2D eigenvalue weighted by atomic mass is 32.2. The summed E-state index contributed by atoms with van der Waals surface area (Å²) in [5, 5.41) is 0. The first-order valence-electron chi connectivity index (χ1n) is 11.6. The van der Waals surface area contributed by atoms with Crippen molar-refractivity contribution in [2.45, 2.75) is 49.5 Å². The van der Waals surface area contributed by atoms with E-state index in [9.17, 15) is 17.6 Å². The van der Waals surface area contributed by atoms with Gasteiger partial charge in [-0.2, -0.15) is 4.31 Å². The number of hydrogen-bond donors (Lipinski definition) is 0. The molecule has 0 saturated carbocycles. The Morgan fingerprint density at radius 3 is 2.21 bits per heavy atom. The first kappa shape index (κ1) is 23.7. The molecule has 8 heteroatoms. The largest absolute Gasteiger partial charge is 0.497 e. The average molecular weight is 475 g/mol. The van der Waals surface area contributed by atoms with Gasteiger partial charge in [0.25, 0.3) is 0 Å². The molecule has 6 nitrogen and oxygen atoms in total. The maximum absolute atomic E-state index is 13.6. The third-order valence-electron chi connectivity index (χ3n) is 6.79. The van der Waals surface area contributed by atoms with Crippen molar-refractivity contribution in [2.75, 3.05) is 26.7 Å². The molecule has 0 N–H and O–H groups in total. The number of benzene rings is 2. The Labute approximate surface area is 195 Å². The van der Waals surface area contributed by atoms with Crippen LogP contribution in [0, 0.1) is 11.7 Å². The lowest BCUT2D eigenvalue weighted by atomic mass is 9.94. The number of rotatable bonds is 5. The highest BCUT2D eigenvalue weighted by Gasteiger charge is 2.36. The smallest absolute Gasteiger partial charge is 0.243 e. The maximum Gasteiger partial charge on any atom is 0.243 e. The Bertz CT molecular complexity index is 1050. The van der Waals surface area contributed by atoms with E-state index in [0.29, 0.717) is 12.8 Å². The molecule has 2 aromatic rings. The molecular formula is C25H31FN2O4S. The van der Waals surface area contributed by atoms with Crippen LogP contribution in [0.4, 0.5) is 4.39 Å². The number of methoxy groups -OCH3 is 1. The number of carbonyl (C=O) groups excluding carboxylic acids is 1. The molecule has 2 saturated heterocycles. The van der Waals surface area contributed by atoms with Crippen LogP contribution in [-0.2, 0) is 14.8 Å². The van der Waals surface area contributed by atoms with Crippen LogP contribution in [0.25, 0.3) is 0 Å². The van der Waals surface area contributed by atoms with E-state index >= 15 is 0 Å². The molecule has 2 aromatic carbocycles. The van der Waals surface area contributed by atoms with Crippen molar-refractivity contribution in [3.8, 4) is 5.75 Å². The number of nitrogens with zero attached hydrogens (tertiary/aromatic N) is 2. The van der Waals surface area contributed by atoms with Crippen molar-refractivity contribution >= 4 is 15.9 Å². The van der Waals surface area contributed by atoms with Crippen LogP contribution in [0.5, 0.6) is 5.75 Å². The van der Waals surface area contributed by atoms with Gasteiger partial charge in [-0.1, -0.05) is 25.0 Å². The van der Waals surface area contributed by atoms with Crippen LogP contribution in [-0.4, -0.2) is 50.3 Å². The number of halogens is 1. The minimum Gasteiger partial charge on any atom is -0.497 e. The third-order valence-corrected chi connectivity index (χ3v) is 8.70. The summed E-state index contributed by atoms with van der Waals surface area (Å²) < 4.78 is 45.7. The molecule has 33 heavy (non-hydrogen) atoms. The second-order valence-corrected chi connectivity index (χ2v) is 10.7. The Kier molecular flexibility index (Phi) is 7.34. The van der Waals surface area contributed by atoms with Gasteiger partial charge in [-0.05, 0) is 67.6 Å². The zero-order valence-corrected chi connectivity index (χ0v) is 19.8. The lowest BCUT2D eigenvalue weighted by Gasteiger charge is -2.37. The fourth-order valence-corrected chi connectivity index (χ4v) is 6.35. The molecule has 178 valence electrons. The van der Waals surface area contributed by atoms with Gasteiger partial charge in [0.1, 0.15) is 11.6 Å². The van der Waals surface area contributed by atoms with Crippen LogP contribution in [0.3, 0.4) is 0 Å². The second-order valence-electron chi connectivity index (χ2n) is 8.80. The number of likely N-dealkylation sites (tertiary alicyclic amines) is 1.